The van der Waals surface area contributed by atoms with Crippen molar-refractivity contribution in [3.8, 4) is 0 Å². The lowest BCUT2D eigenvalue weighted by atomic mass is 10.1. The quantitative estimate of drug-likeness (QED) is 0.869. The Balaban J connectivity index is 1.72. The Morgan fingerprint density at radius 3 is 2.83 bits per heavy atom. The van der Waals surface area contributed by atoms with E-state index < -0.39 is 6.04 Å². The van der Waals surface area contributed by atoms with E-state index in [4.69, 9.17) is 11.6 Å². The average Bonchev–Trinajstić information content (AvgIpc) is 2.55. The van der Waals surface area contributed by atoms with Crippen LogP contribution >= 0.6 is 11.6 Å². The molecule has 3 rings (SSSR count). The Morgan fingerprint density at radius 2 is 2.09 bits per heavy atom. The van der Waals surface area contributed by atoms with E-state index in [2.05, 4.69) is 15.6 Å². The number of amides is 2. The van der Waals surface area contributed by atoms with Gasteiger partial charge in [0.15, 0.2) is 0 Å². The molecule has 0 unspecified atom stereocenters. The standard InChI is InChI=1S/C16H19ClN4O2/c17-11-5-4-6-12(9-11)18-15(23)13-10-14(22)20-16(19-13)21-7-2-1-3-8-21/h4-6,9,13H,1-3,7-8,10H2,(H,18,23)(H,19,20,22)/t13-/m1/s1. The predicted octanol–water partition coefficient (Wildman–Crippen LogP) is 2.01. The molecule has 0 saturated carbocycles. The fourth-order valence-corrected chi connectivity index (χ4v) is 2.98. The van der Waals surface area contributed by atoms with Crippen LogP contribution in [0.5, 0.6) is 0 Å². The van der Waals surface area contributed by atoms with E-state index in [1.54, 1.807) is 24.3 Å². The highest BCUT2D eigenvalue weighted by Gasteiger charge is 2.29. The number of hydrogen-bond acceptors (Lipinski definition) is 4. The zero-order valence-electron chi connectivity index (χ0n) is 12.7. The number of carbonyl (C=O) groups excluding carboxylic acids is 2. The molecule has 0 aliphatic carbocycles. The van der Waals surface area contributed by atoms with Crippen LogP contribution in [0.4, 0.5) is 5.69 Å². The third kappa shape index (κ3) is 4.01. The lowest BCUT2D eigenvalue weighted by molar-refractivity contribution is -0.125. The van der Waals surface area contributed by atoms with Crippen LogP contribution in [0.2, 0.25) is 5.02 Å². The molecule has 0 spiro atoms. The summed E-state index contributed by atoms with van der Waals surface area (Å²) in [4.78, 5) is 30.8. The molecule has 0 aromatic heterocycles. The molecule has 1 aromatic rings. The Morgan fingerprint density at radius 1 is 1.30 bits per heavy atom. The van der Waals surface area contributed by atoms with Gasteiger partial charge in [0.05, 0.1) is 6.42 Å². The van der Waals surface area contributed by atoms with Gasteiger partial charge in [0.2, 0.25) is 17.8 Å². The summed E-state index contributed by atoms with van der Waals surface area (Å²) in [5.74, 6) is 0.0515. The lowest BCUT2D eigenvalue weighted by Gasteiger charge is -2.32. The van der Waals surface area contributed by atoms with Crippen LogP contribution in [0.3, 0.4) is 0 Å². The van der Waals surface area contributed by atoms with Gasteiger partial charge in [0, 0.05) is 23.8 Å². The minimum Gasteiger partial charge on any atom is -0.343 e. The summed E-state index contributed by atoms with van der Waals surface area (Å²) in [5.41, 5.74) is 0.600. The van der Waals surface area contributed by atoms with Gasteiger partial charge in [-0.1, -0.05) is 17.7 Å². The van der Waals surface area contributed by atoms with Crippen LogP contribution in [0.1, 0.15) is 25.7 Å². The number of rotatable bonds is 2. The van der Waals surface area contributed by atoms with Crippen molar-refractivity contribution in [3.63, 3.8) is 0 Å². The first-order chi connectivity index (χ1) is 11.1. The maximum Gasteiger partial charge on any atom is 0.249 e. The summed E-state index contributed by atoms with van der Waals surface area (Å²) >= 11 is 5.91. The summed E-state index contributed by atoms with van der Waals surface area (Å²) < 4.78 is 0. The van der Waals surface area contributed by atoms with Gasteiger partial charge in [0.1, 0.15) is 6.04 Å². The number of anilines is 1. The summed E-state index contributed by atoms with van der Waals surface area (Å²) in [7, 11) is 0. The molecule has 2 N–H and O–H groups in total. The molecular formula is C16H19ClN4O2. The number of likely N-dealkylation sites (tertiary alicyclic amines) is 1. The molecule has 2 aliphatic heterocycles. The largest absolute Gasteiger partial charge is 0.343 e. The van der Waals surface area contributed by atoms with Crippen molar-refractivity contribution in [3.05, 3.63) is 29.3 Å². The van der Waals surface area contributed by atoms with Crippen LogP contribution in [-0.4, -0.2) is 41.8 Å². The number of guanidine groups is 1. The van der Waals surface area contributed by atoms with E-state index in [1.807, 2.05) is 4.90 Å². The van der Waals surface area contributed by atoms with E-state index >= 15 is 0 Å². The van der Waals surface area contributed by atoms with E-state index in [1.165, 1.54) is 6.42 Å². The molecule has 122 valence electrons. The number of nitrogens with zero attached hydrogens (tertiary/aromatic N) is 2. The summed E-state index contributed by atoms with van der Waals surface area (Å²) in [6.07, 6.45) is 3.41. The zero-order valence-corrected chi connectivity index (χ0v) is 13.5. The maximum atomic E-state index is 12.4. The van der Waals surface area contributed by atoms with Crippen LogP contribution < -0.4 is 10.6 Å². The Hall–Kier alpha value is -2.08. The predicted molar refractivity (Wildman–Crippen MR) is 89.5 cm³/mol. The highest BCUT2D eigenvalue weighted by molar-refractivity contribution is 6.30. The van der Waals surface area contributed by atoms with Gasteiger partial charge >= 0.3 is 0 Å². The molecule has 1 aromatic carbocycles. The second-order valence-electron chi connectivity index (χ2n) is 5.77. The molecule has 0 bridgehead atoms. The first kappa shape index (κ1) is 15.8. The van der Waals surface area contributed by atoms with E-state index in [9.17, 15) is 9.59 Å². The number of halogens is 1. The molecular weight excluding hydrogens is 316 g/mol. The Bertz CT molecular complexity index is 641. The van der Waals surface area contributed by atoms with Crippen molar-refractivity contribution < 1.29 is 9.59 Å². The molecule has 1 saturated heterocycles. The van der Waals surface area contributed by atoms with Crippen LogP contribution in [0, 0.1) is 0 Å². The number of hydrogen-bond donors (Lipinski definition) is 2. The van der Waals surface area contributed by atoms with Crippen LogP contribution in [-0.2, 0) is 9.59 Å². The first-order valence-corrected chi connectivity index (χ1v) is 8.18. The molecule has 7 heteroatoms. The molecule has 2 amide bonds. The fourth-order valence-electron chi connectivity index (χ4n) is 2.79. The van der Waals surface area contributed by atoms with Gasteiger partial charge in [-0.3, -0.25) is 14.9 Å². The van der Waals surface area contributed by atoms with Crippen molar-refractivity contribution in [2.24, 2.45) is 4.99 Å². The van der Waals surface area contributed by atoms with Crippen LogP contribution in [0.25, 0.3) is 0 Å². The highest BCUT2D eigenvalue weighted by Crippen LogP contribution is 2.17. The zero-order chi connectivity index (χ0) is 16.2. The minimum absolute atomic E-state index is 0.0593. The lowest BCUT2D eigenvalue weighted by Crippen LogP contribution is -2.51. The van der Waals surface area contributed by atoms with E-state index in [-0.39, 0.29) is 18.2 Å². The summed E-state index contributed by atoms with van der Waals surface area (Å²) in [6.45, 7) is 1.73. The normalized spacial score (nSPS) is 21.4. The third-order valence-corrected chi connectivity index (χ3v) is 4.19. The maximum absolute atomic E-state index is 12.4. The van der Waals surface area contributed by atoms with Crippen molar-refractivity contribution in [2.75, 3.05) is 18.4 Å². The summed E-state index contributed by atoms with van der Waals surface area (Å²) in [6, 6.07) is 6.20. The van der Waals surface area contributed by atoms with Gasteiger partial charge < -0.3 is 10.2 Å². The Labute approximate surface area is 139 Å². The first-order valence-electron chi connectivity index (χ1n) is 7.81. The molecule has 1 atom stereocenters. The number of nitrogens with one attached hydrogen (secondary N) is 2. The molecule has 2 heterocycles. The minimum atomic E-state index is -0.709. The smallest absolute Gasteiger partial charge is 0.249 e. The number of aliphatic imine (C=N–C) groups is 1. The number of piperidine rings is 1. The number of carbonyl (C=O) groups is 2. The molecule has 2 aliphatic rings. The van der Waals surface area contributed by atoms with Gasteiger partial charge in [-0.05, 0) is 37.5 Å². The fraction of sp³-hybridized carbons (Fsp3) is 0.438. The summed E-state index contributed by atoms with van der Waals surface area (Å²) in [5, 5.41) is 6.09. The van der Waals surface area contributed by atoms with Crippen molar-refractivity contribution in [1.82, 2.24) is 10.2 Å². The van der Waals surface area contributed by atoms with Gasteiger partial charge in [-0.15, -0.1) is 0 Å². The SMILES string of the molecule is O=C1C[C@H](C(=O)Nc2cccc(Cl)c2)N=C(N2CCCCC2)N1. The molecule has 1 fully saturated rings. The van der Waals surface area contributed by atoms with Crippen LogP contribution in [0.15, 0.2) is 29.3 Å². The second-order valence-corrected chi connectivity index (χ2v) is 6.20. The van der Waals surface area contributed by atoms with E-state index in [0.717, 1.165) is 25.9 Å². The average molecular weight is 335 g/mol. The van der Waals surface area contributed by atoms with Gasteiger partial charge in [-0.25, -0.2) is 4.99 Å². The molecule has 0 radical (unpaired) electrons. The third-order valence-electron chi connectivity index (χ3n) is 3.96. The van der Waals surface area contributed by atoms with Gasteiger partial charge in [0.25, 0.3) is 0 Å². The molecule has 23 heavy (non-hydrogen) atoms. The highest BCUT2D eigenvalue weighted by atomic mass is 35.5. The molecule has 6 nitrogen and oxygen atoms in total. The second kappa shape index (κ2) is 7.00. The van der Waals surface area contributed by atoms with Crippen molar-refractivity contribution >= 4 is 35.1 Å². The number of benzene rings is 1. The Kier molecular flexibility index (Phi) is 4.81. The monoisotopic (exact) mass is 334 g/mol. The van der Waals surface area contributed by atoms with Gasteiger partial charge in [-0.2, -0.15) is 0 Å². The van der Waals surface area contributed by atoms with Crippen molar-refractivity contribution in [1.29, 1.82) is 0 Å². The topological polar surface area (TPSA) is 73.8 Å². The van der Waals surface area contributed by atoms with E-state index in [0.29, 0.717) is 16.7 Å². The van der Waals surface area contributed by atoms with Crippen molar-refractivity contribution in [2.45, 2.75) is 31.7 Å².